The molecule has 1 atom stereocenters. The molecule has 312 valence electrons. The lowest BCUT2D eigenvalue weighted by Crippen LogP contribution is -2.29. The van der Waals surface area contributed by atoms with Gasteiger partial charge in [-0.25, -0.2) is 0 Å². The molecular formula is C45H91NO6. The van der Waals surface area contributed by atoms with Crippen molar-refractivity contribution in [2.45, 2.75) is 232 Å². The summed E-state index contributed by atoms with van der Waals surface area (Å²) in [5.41, 5.74) is 0. The second-order valence-electron chi connectivity index (χ2n) is 15.5. The third-order valence-electron chi connectivity index (χ3n) is 10.7. The van der Waals surface area contributed by atoms with E-state index in [1.54, 1.807) is 7.11 Å². The Balaban J connectivity index is 0. The predicted molar refractivity (Wildman–Crippen MR) is 222 cm³/mol. The zero-order valence-corrected chi connectivity index (χ0v) is 35.4. The Hall–Kier alpha value is -1.18. The van der Waals surface area contributed by atoms with Gasteiger partial charge in [0, 0.05) is 20.1 Å². The van der Waals surface area contributed by atoms with Crippen LogP contribution in [0.2, 0.25) is 0 Å². The predicted octanol–water partition coefficient (Wildman–Crippen LogP) is 12.7. The molecule has 7 heteroatoms. The van der Waals surface area contributed by atoms with Crippen LogP contribution in [0.4, 0.5) is 0 Å². The van der Waals surface area contributed by atoms with Crippen LogP contribution in [0.15, 0.2) is 0 Å². The number of carbonyl (C=O) groups excluding carboxylic acids is 1. The second-order valence-corrected chi connectivity index (χ2v) is 15.5. The molecule has 0 spiro atoms. The van der Waals surface area contributed by atoms with Crippen LogP contribution in [0.25, 0.3) is 0 Å². The number of carbonyl (C=O) groups is 2. The molecule has 0 aliphatic carbocycles. The lowest BCUT2D eigenvalue weighted by Gasteiger charge is -2.21. The highest BCUT2D eigenvalue weighted by Crippen LogP contribution is 2.25. The number of aliphatic hydroxyl groups is 1. The van der Waals surface area contributed by atoms with Crippen LogP contribution in [-0.2, 0) is 19.1 Å². The van der Waals surface area contributed by atoms with Crippen molar-refractivity contribution in [1.29, 1.82) is 0 Å². The van der Waals surface area contributed by atoms with E-state index in [-0.39, 0.29) is 25.2 Å². The summed E-state index contributed by atoms with van der Waals surface area (Å²) in [6, 6.07) is 0. The first kappa shape index (κ1) is 52.9. The number of aliphatic hydroxyl groups excluding tert-OH is 1. The minimum atomic E-state index is -0.250. The third kappa shape index (κ3) is 41.6. The number of hydrogen-bond donors (Lipinski definition) is 2. The zero-order valence-electron chi connectivity index (χ0n) is 35.4. The van der Waals surface area contributed by atoms with Gasteiger partial charge in [-0.3, -0.25) is 9.59 Å². The highest BCUT2D eigenvalue weighted by atomic mass is 16.6. The normalized spacial score (nSPS) is 11.9. The number of nitrogens with zero attached hydrogens (tertiary/aromatic N) is 1. The Kier molecular flexibility index (Phi) is 46.8. The number of carboxylic acid groups (broad SMARTS) is 1. The fourth-order valence-corrected chi connectivity index (χ4v) is 7.27. The van der Waals surface area contributed by atoms with E-state index in [2.05, 4.69) is 25.7 Å². The summed E-state index contributed by atoms with van der Waals surface area (Å²) in [6.07, 6.45) is 41.5. The molecule has 0 rings (SSSR count). The molecule has 0 fully saturated rings. The quantitative estimate of drug-likeness (QED) is 0.0366. The first-order valence-corrected chi connectivity index (χ1v) is 22.6. The molecule has 2 N–H and O–H groups in total. The first-order chi connectivity index (χ1) is 25.5. The highest BCUT2D eigenvalue weighted by Gasteiger charge is 2.12. The van der Waals surface area contributed by atoms with Crippen LogP contribution in [0.3, 0.4) is 0 Å². The van der Waals surface area contributed by atoms with Crippen LogP contribution in [0.5, 0.6) is 0 Å². The number of hydrogen-bond acceptors (Lipinski definition) is 6. The molecule has 0 heterocycles. The van der Waals surface area contributed by atoms with Gasteiger partial charge in [-0.05, 0) is 44.7 Å². The second kappa shape index (κ2) is 46.0. The monoisotopic (exact) mass is 742 g/mol. The summed E-state index contributed by atoms with van der Waals surface area (Å²) in [5.74, 6) is 0.887. The van der Waals surface area contributed by atoms with Crippen molar-refractivity contribution in [2.24, 2.45) is 5.92 Å². The van der Waals surface area contributed by atoms with Crippen molar-refractivity contribution in [2.75, 3.05) is 40.0 Å². The largest absolute Gasteiger partial charge is 0.483 e. The lowest BCUT2D eigenvalue weighted by molar-refractivity contribution is -0.147. The number of unbranched alkanes of at least 4 members (excludes halogenated alkanes) is 22. The van der Waals surface area contributed by atoms with Crippen molar-refractivity contribution < 1.29 is 29.3 Å². The third-order valence-corrected chi connectivity index (χ3v) is 10.7. The molecule has 0 aliphatic rings. The van der Waals surface area contributed by atoms with Gasteiger partial charge in [-0.15, -0.1) is 0 Å². The summed E-state index contributed by atoms with van der Waals surface area (Å²) in [5, 5.41) is 16.5. The van der Waals surface area contributed by atoms with Crippen molar-refractivity contribution in [3.63, 3.8) is 0 Å². The molecule has 7 nitrogen and oxygen atoms in total. The summed E-state index contributed by atoms with van der Waals surface area (Å²) < 4.78 is 11.0. The molecule has 0 aromatic heterocycles. The van der Waals surface area contributed by atoms with E-state index in [9.17, 15) is 9.90 Å². The average Bonchev–Trinajstić information content (AvgIpc) is 3.14. The number of esters is 1. The summed E-state index contributed by atoms with van der Waals surface area (Å²) in [4.78, 5) is 23.0. The van der Waals surface area contributed by atoms with Crippen molar-refractivity contribution in [1.82, 2.24) is 4.90 Å². The zero-order chi connectivity index (χ0) is 38.6. The van der Waals surface area contributed by atoms with E-state index < -0.39 is 0 Å². The van der Waals surface area contributed by atoms with E-state index in [0.717, 1.165) is 57.7 Å². The molecule has 1 unspecified atom stereocenters. The van der Waals surface area contributed by atoms with Gasteiger partial charge in [-0.1, -0.05) is 194 Å². The van der Waals surface area contributed by atoms with Crippen molar-refractivity contribution >= 4 is 12.4 Å². The standard InChI is InChI=1S/C44H89NO4.CH2O2/c1-5-8-11-14-19-25-32-42(33-26-20-15-12-9-6-2)34-27-21-16-23-30-37-45(39-40-46)38-31-24-17-22-29-36-44(47)49-41-43(48-4)35-28-18-13-10-7-3;2-1-3/h42-43,46H,5-41H2,1-4H3;1H,(H,2,3). The fraction of sp³-hybridized carbons (Fsp3) is 0.956. The van der Waals surface area contributed by atoms with E-state index in [4.69, 9.17) is 19.4 Å². The maximum Gasteiger partial charge on any atom is 0.305 e. The minimum Gasteiger partial charge on any atom is -0.483 e. The lowest BCUT2D eigenvalue weighted by atomic mass is 9.89. The van der Waals surface area contributed by atoms with Gasteiger partial charge in [0.1, 0.15) is 6.61 Å². The van der Waals surface area contributed by atoms with E-state index in [1.165, 1.54) is 167 Å². The van der Waals surface area contributed by atoms with Crippen LogP contribution in [-0.4, -0.2) is 73.6 Å². The SMILES string of the molecule is CCCCCCCCC(CCCCCCCC)CCCCCCCN(CCO)CCCCCCCC(=O)OCC(CCCCCCC)OC.O=CO. The van der Waals surface area contributed by atoms with Gasteiger partial charge < -0.3 is 24.6 Å². The number of methoxy groups -OCH3 is 1. The Morgan fingerprint density at radius 3 is 1.33 bits per heavy atom. The number of rotatable bonds is 41. The Labute approximate surface area is 324 Å². The highest BCUT2D eigenvalue weighted by molar-refractivity contribution is 5.69. The van der Waals surface area contributed by atoms with Gasteiger partial charge in [0.05, 0.1) is 12.7 Å². The molecule has 0 amide bonds. The smallest absolute Gasteiger partial charge is 0.305 e. The summed E-state index contributed by atoms with van der Waals surface area (Å²) >= 11 is 0. The molecule has 0 aromatic rings. The summed E-state index contributed by atoms with van der Waals surface area (Å²) in [7, 11) is 1.72. The molecule has 0 radical (unpaired) electrons. The van der Waals surface area contributed by atoms with Crippen molar-refractivity contribution in [3.8, 4) is 0 Å². The molecule has 0 bridgehead atoms. The molecule has 0 aromatic carbocycles. The van der Waals surface area contributed by atoms with E-state index in [0.29, 0.717) is 13.0 Å². The first-order valence-electron chi connectivity index (χ1n) is 22.6. The van der Waals surface area contributed by atoms with Gasteiger partial charge in [0.15, 0.2) is 0 Å². The maximum atomic E-state index is 12.2. The molecule has 0 saturated heterocycles. The molecule has 52 heavy (non-hydrogen) atoms. The Bertz CT molecular complexity index is 677. The average molecular weight is 742 g/mol. The molecule has 0 aliphatic heterocycles. The molecule has 0 saturated carbocycles. The topological polar surface area (TPSA) is 96.3 Å². The van der Waals surface area contributed by atoms with Gasteiger partial charge >= 0.3 is 5.97 Å². The van der Waals surface area contributed by atoms with Crippen LogP contribution in [0, 0.1) is 5.92 Å². The van der Waals surface area contributed by atoms with Crippen molar-refractivity contribution in [3.05, 3.63) is 0 Å². The molecular weight excluding hydrogens is 650 g/mol. The van der Waals surface area contributed by atoms with E-state index >= 15 is 0 Å². The van der Waals surface area contributed by atoms with Crippen LogP contribution >= 0.6 is 0 Å². The van der Waals surface area contributed by atoms with E-state index in [1.807, 2.05) is 0 Å². The maximum absolute atomic E-state index is 12.2. The van der Waals surface area contributed by atoms with Gasteiger partial charge in [0.2, 0.25) is 0 Å². The number of ether oxygens (including phenoxy) is 2. The van der Waals surface area contributed by atoms with Gasteiger partial charge in [-0.2, -0.15) is 0 Å². The van der Waals surface area contributed by atoms with Gasteiger partial charge in [0.25, 0.3) is 6.47 Å². The van der Waals surface area contributed by atoms with Crippen LogP contribution in [0.1, 0.15) is 226 Å². The summed E-state index contributed by atoms with van der Waals surface area (Å²) in [6.45, 7) is 10.2. The van der Waals surface area contributed by atoms with Crippen LogP contribution < -0.4 is 0 Å². The Morgan fingerprint density at radius 2 is 0.923 bits per heavy atom. The fourth-order valence-electron chi connectivity index (χ4n) is 7.27. The Morgan fingerprint density at radius 1 is 0.558 bits per heavy atom. The minimum absolute atomic E-state index is 0.0317.